The molecular weight excluding hydrogens is 292 g/mol. The Balaban J connectivity index is 1.44. The number of fused-ring (bicyclic) bond motifs is 2. The molecule has 0 bridgehead atoms. The van der Waals surface area contributed by atoms with Gasteiger partial charge in [-0.25, -0.2) is 4.79 Å². The molecule has 0 unspecified atom stereocenters. The number of hydrogen-bond acceptors (Lipinski definition) is 3. The summed E-state index contributed by atoms with van der Waals surface area (Å²) in [7, 11) is 0. The monoisotopic (exact) mass is 316 g/mol. The lowest BCUT2D eigenvalue weighted by molar-refractivity contribution is 0.232. The van der Waals surface area contributed by atoms with E-state index in [2.05, 4.69) is 16.7 Å². The van der Waals surface area contributed by atoms with Gasteiger partial charge in [-0.2, -0.15) is 0 Å². The Bertz CT molecular complexity index is 577. The number of carbonyl (C=O) groups is 1. The number of ether oxygens (including phenoxy) is 2. The largest absolute Gasteiger partial charge is 0.493 e. The van der Waals surface area contributed by atoms with Crippen molar-refractivity contribution in [2.24, 2.45) is 0 Å². The summed E-state index contributed by atoms with van der Waals surface area (Å²) in [6.45, 7) is 1.95. The van der Waals surface area contributed by atoms with Crippen LogP contribution in [0.4, 0.5) is 4.79 Å². The molecule has 1 aromatic carbocycles. The summed E-state index contributed by atoms with van der Waals surface area (Å²) in [5, 5.41) is 6.12. The third-order valence-electron chi connectivity index (χ3n) is 5.13. The number of urea groups is 1. The third kappa shape index (κ3) is 2.96. The summed E-state index contributed by atoms with van der Waals surface area (Å²) in [4.78, 5) is 12.2. The molecule has 1 fully saturated rings. The highest BCUT2D eigenvalue weighted by Gasteiger charge is 2.26. The minimum atomic E-state index is -0.0693. The van der Waals surface area contributed by atoms with Gasteiger partial charge in [-0.15, -0.1) is 0 Å². The molecule has 5 nitrogen and oxygen atoms in total. The fraction of sp³-hybridized carbons (Fsp3) is 0.611. The number of benzene rings is 1. The number of amides is 2. The predicted molar refractivity (Wildman–Crippen MR) is 87.1 cm³/mol. The Morgan fingerprint density at radius 3 is 2.83 bits per heavy atom. The SMILES string of the molecule is O=C(NCc1c2c(cc3c1OCC3)OCC2)NC1CCCCC1. The molecule has 0 atom stereocenters. The van der Waals surface area contributed by atoms with E-state index in [1.807, 2.05) is 0 Å². The molecule has 0 radical (unpaired) electrons. The van der Waals surface area contributed by atoms with Crippen LogP contribution in [0, 0.1) is 0 Å². The van der Waals surface area contributed by atoms with Crippen LogP contribution in [0.5, 0.6) is 11.5 Å². The molecule has 1 aliphatic carbocycles. The summed E-state index contributed by atoms with van der Waals surface area (Å²) in [6, 6.07) is 2.37. The number of hydrogen-bond donors (Lipinski definition) is 2. The van der Waals surface area contributed by atoms with E-state index in [9.17, 15) is 4.79 Å². The molecule has 124 valence electrons. The first-order valence-corrected chi connectivity index (χ1v) is 8.79. The minimum absolute atomic E-state index is 0.0693. The van der Waals surface area contributed by atoms with Crippen LogP contribution in [-0.2, 0) is 19.4 Å². The molecule has 2 aliphatic heterocycles. The van der Waals surface area contributed by atoms with Gasteiger partial charge in [-0.3, -0.25) is 0 Å². The normalized spacial score (nSPS) is 19.5. The van der Waals surface area contributed by atoms with Crippen LogP contribution in [0.3, 0.4) is 0 Å². The molecule has 0 aromatic heterocycles. The first-order chi connectivity index (χ1) is 11.3. The van der Waals surface area contributed by atoms with Crippen molar-refractivity contribution in [3.63, 3.8) is 0 Å². The molecule has 2 N–H and O–H groups in total. The maximum absolute atomic E-state index is 12.2. The van der Waals surface area contributed by atoms with Gasteiger partial charge >= 0.3 is 6.03 Å². The Hall–Kier alpha value is -1.91. The quantitative estimate of drug-likeness (QED) is 0.901. The van der Waals surface area contributed by atoms with Gasteiger partial charge in [-0.1, -0.05) is 19.3 Å². The summed E-state index contributed by atoms with van der Waals surface area (Å²) in [5.41, 5.74) is 3.50. The van der Waals surface area contributed by atoms with Crippen molar-refractivity contribution in [2.45, 2.75) is 57.5 Å². The van der Waals surface area contributed by atoms with E-state index >= 15 is 0 Å². The molecule has 0 saturated heterocycles. The van der Waals surface area contributed by atoms with E-state index in [-0.39, 0.29) is 6.03 Å². The van der Waals surface area contributed by atoms with Crippen LogP contribution >= 0.6 is 0 Å². The second-order valence-corrected chi connectivity index (χ2v) is 6.68. The zero-order valence-corrected chi connectivity index (χ0v) is 13.5. The summed E-state index contributed by atoms with van der Waals surface area (Å²) >= 11 is 0. The molecule has 5 heteroatoms. The van der Waals surface area contributed by atoms with Gasteiger partial charge in [0.1, 0.15) is 11.5 Å². The van der Waals surface area contributed by atoms with Crippen molar-refractivity contribution in [1.82, 2.24) is 10.6 Å². The van der Waals surface area contributed by atoms with E-state index in [0.29, 0.717) is 12.6 Å². The van der Waals surface area contributed by atoms with Gasteiger partial charge < -0.3 is 20.1 Å². The van der Waals surface area contributed by atoms with Crippen molar-refractivity contribution in [3.05, 3.63) is 22.8 Å². The molecule has 1 aromatic rings. The van der Waals surface area contributed by atoms with Crippen molar-refractivity contribution in [1.29, 1.82) is 0 Å². The number of carbonyl (C=O) groups excluding carboxylic acids is 1. The van der Waals surface area contributed by atoms with Crippen LogP contribution in [0.15, 0.2) is 6.07 Å². The average Bonchev–Trinajstić information content (AvgIpc) is 3.21. The van der Waals surface area contributed by atoms with Crippen LogP contribution < -0.4 is 20.1 Å². The van der Waals surface area contributed by atoms with Crippen LogP contribution in [0.2, 0.25) is 0 Å². The van der Waals surface area contributed by atoms with E-state index in [1.165, 1.54) is 30.4 Å². The Morgan fingerprint density at radius 1 is 1.13 bits per heavy atom. The first kappa shape index (κ1) is 14.7. The highest BCUT2D eigenvalue weighted by molar-refractivity contribution is 5.74. The first-order valence-electron chi connectivity index (χ1n) is 8.79. The summed E-state index contributed by atoms with van der Waals surface area (Å²) in [6.07, 6.45) is 7.74. The highest BCUT2D eigenvalue weighted by Crippen LogP contribution is 2.40. The van der Waals surface area contributed by atoms with Crippen LogP contribution in [0.25, 0.3) is 0 Å². The van der Waals surface area contributed by atoms with E-state index in [4.69, 9.17) is 9.47 Å². The van der Waals surface area contributed by atoms with E-state index < -0.39 is 0 Å². The standard InChI is InChI=1S/C18H24N2O3/c21-18(20-13-4-2-1-3-5-13)19-11-15-14-7-9-22-16(14)10-12-6-8-23-17(12)15/h10,13H,1-9,11H2,(H2,19,20,21). The van der Waals surface area contributed by atoms with Crippen molar-refractivity contribution in [2.75, 3.05) is 13.2 Å². The maximum Gasteiger partial charge on any atom is 0.315 e. The van der Waals surface area contributed by atoms with Gasteiger partial charge in [0, 0.05) is 42.1 Å². The molecule has 3 aliphatic rings. The fourth-order valence-corrected chi connectivity index (χ4v) is 3.92. The molecular formula is C18H24N2O3. The van der Waals surface area contributed by atoms with Gasteiger partial charge in [0.15, 0.2) is 0 Å². The zero-order chi connectivity index (χ0) is 15.6. The van der Waals surface area contributed by atoms with Crippen LogP contribution in [-0.4, -0.2) is 25.3 Å². The molecule has 1 saturated carbocycles. The summed E-state index contributed by atoms with van der Waals surface area (Å²) in [5.74, 6) is 1.94. The lowest BCUT2D eigenvalue weighted by Gasteiger charge is -2.23. The lowest BCUT2D eigenvalue weighted by atomic mass is 9.96. The van der Waals surface area contributed by atoms with Crippen molar-refractivity contribution >= 4 is 6.03 Å². The van der Waals surface area contributed by atoms with Gasteiger partial charge in [0.25, 0.3) is 0 Å². The van der Waals surface area contributed by atoms with Gasteiger partial charge in [-0.05, 0) is 18.9 Å². The molecule has 23 heavy (non-hydrogen) atoms. The Labute approximate surface area is 136 Å². The lowest BCUT2D eigenvalue weighted by Crippen LogP contribution is -2.42. The number of nitrogens with one attached hydrogen (secondary N) is 2. The third-order valence-corrected chi connectivity index (χ3v) is 5.13. The maximum atomic E-state index is 12.2. The van der Waals surface area contributed by atoms with Gasteiger partial charge in [0.2, 0.25) is 0 Å². The van der Waals surface area contributed by atoms with Crippen molar-refractivity contribution in [3.8, 4) is 11.5 Å². The van der Waals surface area contributed by atoms with Crippen LogP contribution in [0.1, 0.15) is 48.8 Å². The topological polar surface area (TPSA) is 59.6 Å². The van der Waals surface area contributed by atoms with Crippen molar-refractivity contribution < 1.29 is 14.3 Å². The second kappa shape index (κ2) is 6.30. The minimum Gasteiger partial charge on any atom is -0.493 e. The fourth-order valence-electron chi connectivity index (χ4n) is 3.92. The number of rotatable bonds is 3. The predicted octanol–water partition coefficient (Wildman–Crippen LogP) is 2.69. The molecule has 4 rings (SSSR count). The smallest absolute Gasteiger partial charge is 0.315 e. The summed E-state index contributed by atoms with van der Waals surface area (Å²) < 4.78 is 11.5. The molecule has 2 amide bonds. The van der Waals surface area contributed by atoms with E-state index in [1.54, 1.807) is 0 Å². The Kier molecular flexibility index (Phi) is 4.02. The van der Waals surface area contributed by atoms with E-state index in [0.717, 1.165) is 56.0 Å². The van der Waals surface area contributed by atoms with Gasteiger partial charge in [0.05, 0.1) is 13.2 Å². The Morgan fingerprint density at radius 2 is 1.96 bits per heavy atom. The molecule has 2 heterocycles. The average molecular weight is 316 g/mol. The second-order valence-electron chi connectivity index (χ2n) is 6.68. The highest BCUT2D eigenvalue weighted by atomic mass is 16.5. The molecule has 0 spiro atoms. The zero-order valence-electron chi connectivity index (χ0n) is 13.5.